The van der Waals surface area contributed by atoms with Crippen molar-refractivity contribution in [1.82, 2.24) is 14.9 Å². The van der Waals surface area contributed by atoms with Crippen LogP contribution in [0.5, 0.6) is 5.75 Å². The molecular weight excluding hydrogens is 294 g/mol. The summed E-state index contributed by atoms with van der Waals surface area (Å²) in [7, 11) is 1.71. The third-order valence-electron chi connectivity index (χ3n) is 3.47. The van der Waals surface area contributed by atoms with Gasteiger partial charge in [-0.1, -0.05) is 12.1 Å². The zero-order valence-electron chi connectivity index (χ0n) is 12.5. The van der Waals surface area contributed by atoms with E-state index >= 15 is 0 Å². The van der Waals surface area contributed by atoms with Gasteiger partial charge >= 0.3 is 0 Å². The van der Waals surface area contributed by atoms with Crippen LogP contribution in [0.2, 0.25) is 0 Å². The molecule has 4 nitrogen and oxygen atoms in total. The Morgan fingerprint density at radius 3 is 2.95 bits per heavy atom. The molecule has 0 saturated carbocycles. The largest absolute Gasteiger partial charge is 0.496 e. The minimum atomic E-state index is 0.766. The Kier molecular flexibility index (Phi) is 4.88. The Morgan fingerprint density at radius 1 is 1.27 bits per heavy atom. The number of imidazole rings is 1. The van der Waals surface area contributed by atoms with Crippen molar-refractivity contribution < 1.29 is 4.74 Å². The smallest absolute Gasteiger partial charge is 0.123 e. The lowest BCUT2D eigenvalue weighted by Crippen LogP contribution is -2.12. The SMILES string of the molecule is COc1ccc(CNCc2cccs2)cc1Cn1ccnc1. The Labute approximate surface area is 134 Å². The average molecular weight is 313 g/mol. The van der Waals surface area contributed by atoms with Crippen LogP contribution in [0, 0.1) is 0 Å². The first-order valence-electron chi connectivity index (χ1n) is 7.20. The quantitative estimate of drug-likeness (QED) is 0.727. The van der Waals surface area contributed by atoms with E-state index in [4.69, 9.17) is 4.74 Å². The van der Waals surface area contributed by atoms with Crippen LogP contribution in [0.1, 0.15) is 16.0 Å². The molecule has 1 N–H and O–H groups in total. The van der Waals surface area contributed by atoms with Gasteiger partial charge in [0.1, 0.15) is 5.75 Å². The summed E-state index contributed by atoms with van der Waals surface area (Å²) < 4.78 is 7.50. The van der Waals surface area contributed by atoms with Gasteiger partial charge in [0, 0.05) is 35.9 Å². The molecule has 0 aliphatic rings. The predicted molar refractivity (Wildman–Crippen MR) is 89.2 cm³/mol. The number of hydrogen-bond acceptors (Lipinski definition) is 4. The zero-order chi connectivity index (χ0) is 15.2. The van der Waals surface area contributed by atoms with E-state index in [0.29, 0.717) is 0 Å². The molecule has 0 amide bonds. The van der Waals surface area contributed by atoms with Crippen LogP contribution >= 0.6 is 11.3 Å². The molecule has 0 radical (unpaired) electrons. The fraction of sp³-hybridized carbons (Fsp3) is 0.235. The van der Waals surface area contributed by atoms with E-state index in [1.165, 1.54) is 10.4 Å². The van der Waals surface area contributed by atoms with Gasteiger partial charge in [0.25, 0.3) is 0 Å². The second-order valence-electron chi connectivity index (χ2n) is 5.06. The molecule has 3 aromatic rings. The van der Waals surface area contributed by atoms with Gasteiger partial charge in [-0.3, -0.25) is 0 Å². The molecular formula is C17H19N3OS. The van der Waals surface area contributed by atoms with Gasteiger partial charge < -0.3 is 14.6 Å². The van der Waals surface area contributed by atoms with Crippen LogP contribution < -0.4 is 10.1 Å². The first kappa shape index (κ1) is 14.8. The Bertz CT molecular complexity index is 693. The van der Waals surface area contributed by atoms with Crippen LogP contribution in [0.15, 0.2) is 54.4 Å². The van der Waals surface area contributed by atoms with Crippen molar-refractivity contribution in [2.45, 2.75) is 19.6 Å². The van der Waals surface area contributed by atoms with Crippen LogP contribution in [-0.4, -0.2) is 16.7 Å². The van der Waals surface area contributed by atoms with Gasteiger partial charge in [-0.15, -0.1) is 11.3 Å². The molecule has 2 heterocycles. The summed E-state index contributed by atoms with van der Waals surface area (Å²) in [4.78, 5) is 5.44. The first-order chi connectivity index (χ1) is 10.8. The monoisotopic (exact) mass is 313 g/mol. The first-order valence-corrected chi connectivity index (χ1v) is 8.08. The minimum absolute atomic E-state index is 0.766. The molecule has 0 aliphatic carbocycles. The van der Waals surface area contributed by atoms with Gasteiger partial charge in [-0.2, -0.15) is 0 Å². The lowest BCUT2D eigenvalue weighted by molar-refractivity contribution is 0.408. The number of nitrogens with one attached hydrogen (secondary N) is 1. The van der Waals surface area contributed by atoms with Crippen LogP contribution in [-0.2, 0) is 19.6 Å². The van der Waals surface area contributed by atoms with E-state index in [-0.39, 0.29) is 0 Å². The maximum absolute atomic E-state index is 5.46. The van der Waals surface area contributed by atoms with Crippen molar-refractivity contribution in [1.29, 1.82) is 0 Å². The number of nitrogens with zero attached hydrogens (tertiary/aromatic N) is 2. The molecule has 1 aromatic carbocycles. The van der Waals surface area contributed by atoms with E-state index in [1.54, 1.807) is 24.6 Å². The fourth-order valence-electron chi connectivity index (χ4n) is 2.39. The van der Waals surface area contributed by atoms with Crippen LogP contribution in [0.4, 0.5) is 0 Å². The molecule has 0 fully saturated rings. The molecule has 22 heavy (non-hydrogen) atoms. The van der Waals surface area contributed by atoms with Crippen LogP contribution in [0.25, 0.3) is 0 Å². The molecule has 0 unspecified atom stereocenters. The lowest BCUT2D eigenvalue weighted by atomic mass is 10.1. The molecule has 0 atom stereocenters. The van der Waals surface area contributed by atoms with Crippen molar-refractivity contribution in [3.8, 4) is 5.75 Å². The fourth-order valence-corrected chi connectivity index (χ4v) is 3.06. The topological polar surface area (TPSA) is 39.1 Å². The number of hydrogen-bond donors (Lipinski definition) is 1. The molecule has 2 aromatic heterocycles. The normalized spacial score (nSPS) is 10.8. The number of thiophene rings is 1. The predicted octanol–water partition coefficient (Wildman–Crippen LogP) is 3.29. The zero-order valence-corrected chi connectivity index (χ0v) is 13.3. The highest BCUT2D eigenvalue weighted by atomic mass is 32.1. The summed E-state index contributed by atoms with van der Waals surface area (Å²) in [5, 5.41) is 5.58. The van der Waals surface area contributed by atoms with E-state index in [2.05, 4.69) is 39.9 Å². The Morgan fingerprint density at radius 2 is 2.23 bits per heavy atom. The minimum Gasteiger partial charge on any atom is -0.496 e. The van der Waals surface area contributed by atoms with Crippen molar-refractivity contribution >= 4 is 11.3 Å². The summed E-state index contributed by atoms with van der Waals surface area (Å²) in [6.07, 6.45) is 5.57. The average Bonchev–Trinajstić information content (AvgIpc) is 3.21. The van der Waals surface area contributed by atoms with Gasteiger partial charge in [-0.05, 0) is 29.1 Å². The molecule has 114 valence electrons. The van der Waals surface area contributed by atoms with Crippen molar-refractivity contribution in [3.63, 3.8) is 0 Å². The van der Waals surface area contributed by atoms with Gasteiger partial charge in [0.15, 0.2) is 0 Å². The van der Waals surface area contributed by atoms with Gasteiger partial charge in [0.2, 0.25) is 0 Å². The van der Waals surface area contributed by atoms with Crippen molar-refractivity contribution in [2.75, 3.05) is 7.11 Å². The van der Waals surface area contributed by atoms with E-state index in [1.807, 2.05) is 23.2 Å². The third kappa shape index (κ3) is 3.75. The van der Waals surface area contributed by atoms with Crippen molar-refractivity contribution in [2.24, 2.45) is 0 Å². The molecule has 0 bridgehead atoms. The highest BCUT2D eigenvalue weighted by Gasteiger charge is 2.05. The number of ether oxygens (including phenoxy) is 1. The van der Waals surface area contributed by atoms with Crippen molar-refractivity contribution in [3.05, 3.63) is 70.4 Å². The Hall–Kier alpha value is -2.11. The number of rotatable bonds is 7. The molecule has 3 rings (SSSR count). The second kappa shape index (κ2) is 7.24. The Balaban J connectivity index is 1.66. The number of methoxy groups -OCH3 is 1. The molecule has 5 heteroatoms. The summed E-state index contributed by atoms with van der Waals surface area (Å²) in [5.74, 6) is 0.913. The van der Waals surface area contributed by atoms with Crippen LogP contribution in [0.3, 0.4) is 0 Å². The molecule has 0 aliphatic heterocycles. The lowest BCUT2D eigenvalue weighted by Gasteiger charge is -2.12. The van der Waals surface area contributed by atoms with Gasteiger partial charge in [0.05, 0.1) is 20.0 Å². The number of aromatic nitrogens is 2. The third-order valence-corrected chi connectivity index (χ3v) is 4.34. The summed E-state index contributed by atoms with van der Waals surface area (Å²) in [6.45, 7) is 2.52. The summed E-state index contributed by atoms with van der Waals surface area (Å²) >= 11 is 1.78. The summed E-state index contributed by atoms with van der Waals surface area (Å²) in [5.41, 5.74) is 2.42. The molecule has 0 spiro atoms. The highest BCUT2D eigenvalue weighted by molar-refractivity contribution is 7.09. The highest BCUT2D eigenvalue weighted by Crippen LogP contribution is 2.21. The van der Waals surface area contributed by atoms with Gasteiger partial charge in [-0.25, -0.2) is 4.98 Å². The molecule has 0 saturated heterocycles. The summed E-state index contributed by atoms with van der Waals surface area (Å²) in [6, 6.07) is 10.6. The maximum Gasteiger partial charge on any atom is 0.123 e. The van der Waals surface area contributed by atoms with E-state index in [9.17, 15) is 0 Å². The second-order valence-corrected chi connectivity index (χ2v) is 6.10. The van der Waals surface area contributed by atoms with E-state index in [0.717, 1.165) is 30.9 Å². The maximum atomic E-state index is 5.46. The van der Waals surface area contributed by atoms with E-state index < -0.39 is 0 Å². The number of benzene rings is 1. The standard InChI is InChI=1S/C17H19N3OS/c1-21-17-5-4-14(10-19-11-16-3-2-8-22-16)9-15(17)12-20-7-6-18-13-20/h2-9,13,19H,10-12H2,1H3.